The van der Waals surface area contributed by atoms with Crippen molar-refractivity contribution in [3.05, 3.63) is 71.5 Å². The van der Waals surface area contributed by atoms with Crippen LogP contribution in [0.4, 0.5) is 0 Å². The number of thioether (sulfide) groups is 1. The molecule has 0 unspecified atom stereocenters. The molecule has 1 saturated heterocycles. The first-order chi connectivity index (χ1) is 12.4. The van der Waals surface area contributed by atoms with Crippen molar-refractivity contribution in [2.24, 2.45) is 0 Å². The zero-order chi connectivity index (χ0) is 19.3. The zero-order valence-electron chi connectivity index (χ0n) is 15.5. The van der Waals surface area contributed by atoms with Crippen LogP contribution in [-0.4, -0.2) is 26.2 Å². The molecule has 0 radical (unpaired) electrons. The average molecular weight is 385 g/mol. The molecular weight excluding hydrogens is 360 g/mol. The third-order valence-corrected chi connectivity index (χ3v) is 5.51. The molecule has 3 nitrogen and oxygen atoms in total. The largest absolute Gasteiger partial charge is 0.322 e. The third-order valence-electron chi connectivity index (χ3n) is 4.13. The summed E-state index contributed by atoms with van der Waals surface area (Å²) in [7, 11) is 0. The average Bonchev–Trinajstić information content (AvgIpc) is 3.07. The van der Waals surface area contributed by atoms with Crippen molar-refractivity contribution in [3.63, 3.8) is 0 Å². The quantitative estimate of drug-likeness (QED) is 0.274. The molecule has 1 fully saturated rings. The number of nitrogens with zero attached hydrogens (tertiary/aromatic N) is 2. The van der Waals surface area contributed by atoms with E-state index in [2.05, 4.69) is 50.6 Å². The molecule has 1 aromatic heterocycles. The van der Waals surface area contributed by atoms with Gasteiger partial charge in [0.2, 0.25) is 0 Å². The number of aromatic nitrogens is 1. The summed E-state index contributed by atoms with van der Waals surface area (Å²) < 4.78 is 2.81. The topological polar surface area (TPSA) is 25.2 Å². The Bertz CT molecular complexity index is 840. The van der Waals surface area contributed by atoms with Crippen molar-refractivity contribution < 1.29 is 4.79 Å². The number of rotatable bonds is 7. The van der Waals surface area contributed by atoms with Gasteiger partial charge in [0.15, 0.2) is 0 Å². The van der Waals surface area contributed by atoms with Gasteiger partial charge < -0.3 is 4.57 Å². The van der Waals surface area contributed by atoms with Gasteiger partial charge in [-0.2, -0.15) is 0 Å². The van der Waals surface area contributed by atoms with Crippen molar-refractivity contribution in [2.75, 3.05) is 6.54 Å². The fourth-order valence-electron chi connectivity index (χ4n) is 2.87. The summed E-state index contributed by atoms with van der Waals surface area (Å²) in [6, 6.07) is 2.14. The first-order valence-electron chi connectivity index (χ1n) is 8.48. The fraction of sp³-hybridized carbons (Fsp3) is 0.238. The second kappa shape index (κ2) is 9.01. The van der Waals surface area contributed by atoms with Gasteiger partial charge in [-0.05, 0) is 44.1 Å². The Labute approximate surface area is 165 Å². The van der Waals surface area contributed by atoms with Crippen LogP contribution in [0.3, 0.4) is 0 Å². The number of amides is 1. The summed E-state index contributed by atoms with van der Waals surface area (Å²) in [6.07, 6.45) is 12.2. The number of hydrogen-bond donors (Lipinski definition) is 0. The summed E-state index contributed by atoms with van der Waals surface area (Å²) in [5.41, 5.74) is 4.48. The zero-order valence-corrected chi connectivity index (χ0v) is 17.1. The SMILES string of the molecule is C=C/C=C\C=C(/C)n1c(CC)cc(/C=C2/SC(=S)N(CC=C)C2=O)c1C. The smallest absolute Gasteiger partial charge is 0.266 e. The normalized spacial score (nSPS) is 17.0. The van der Waals surface area contributed by atoms with E-state index >= 15 is 0 Å². The Morgan fingerprint density at radius 2 is 2.08 bits per heavy atom. The molecule has 0 bridgehead atoms. The Balaban J connectivity index is 2.43. The number of carbonyl (C=O) groups excluding carboxylic acids is 1. The number of thiocarbonyl (C=S) groups is 1. The molecule has 1 aromatic rings. The summed E-state index contributed by atoms with van der Waals surface area (Å²) in [6.45, 7) is 14.1. The van der Waals surface area contributed by atoms with Crippen molar-refractivity contribution in [3.8, 4) is 0 Å². The van der Waals surface area contributed by atoms with Gasteiger partial charge in [0, 0.05) is 23.6 Å². The van der Waals surface area contributed by atoms with Gasteiger partial charge in [-0.3, -0.25) is 9.69 Å². The molecule has 1 aliphatic rings. The van der Waals surface area contributed by atoms with E-state index in [9.17, 15) is 4.79 Å². The van der Waals surface area contributed by atoms with Gasteiger partial charge in [-0.25, -0.2) is 0 Å². The monoisotopic (exact) mass is 384 g/mol. The molecule has 26 heavy (non-hydrogen) atoms. The van der Waals surface area contributed by atoms with Crippen LogP contribution in [-0.2, 0) is 11.2 Å². The van der Waals surface area contributed by atoms with Crippen LogP contribution in [0, 0.1) is 6.92 Å². The van der Waals surface area contributed by atoms with E-state index in [1.165, 1.54) is 17.5 Å². The van der Waals surface area contributed by atoms with Gasteiger partial charge in [-0.1, -0.05) is 61.8 Å². The highest BCUT2D eigenvalue weighted by Gasteiger charge is 2.31. The van der Waals surface area contributed by atoms with E-state index in [1.807, 2.05) is 18.2 Å². The standard InChI is InChI=1S/C21H24N2OS2/c1-6-9-10-11-15(4)23-16(5)17(13-18(23)8-3)14-19-20(24)22(12-7-2)21(25)26-19/h6-7,9-11,13-14H,1-2,8,12H2,3-5H3/b10-9-,15-11+,19-14+. The molecule has 136 valence electrons. The van der Waals surface area contributed by atoms with Crippen LogP contribution in [0.1, 0.15) is 30.8 Å². The molecular formula is C21H24N2OS2. The fourth-order valence-corrected chi connectivity index (χ4v) is 4.13. The maximum absolute atomic E-state index is 12.6. The molecule has 0 atom stereocenters. The van der Waals surface area contributed by atoms with Gasteiger partial charge in [-0.15, -0.1) is 6.58 Å². The van der Waals surface area contributed by atoms with E-state index in [0.717, 1.165) is 23.4 Å². The molecule has 1 amide bonds. The van der Waals surface area contributed by atoms with E-state index < -0.39 is 0 Å². The van der Waals surface area contributed by atoms with Gasteiger partial charge in [0.05, 0.1) is 4.91 Å². The predicted molar refractivity (Wildman–Crippen MR) is 118 cm³/mol. The molecule has 0 spiro atoms. The first kappa shape index (κ1) is 20.2. The molecule has 0 aromatic carbocycles. The highest BCUT2D eigenvalue weighted by molar-refractivity contribution is 8.26. The number of allylic oxidation sites excluding steroid dienone is 5. The van der Waals surface area contributed by atoms with Crippen molar-refractivity contribution >= 4 is 46.0 Å². The minimum Gasteiger partial charge on any atom is -0.322 e. The number of aryl methyl sites for hydroxylation is 1. The number of carbonyl (C=O) groups is 1. The highest BCUT2D eigenvalue weighted by Crippen LogP contribution is 2.34. The lowest BCUT2D eigenvalue weighted by Crippen LogP contribution is -2.27. The van der Waals surface area contributed by atoms with Crippen LogP contribution < -0.4 is 0 Å². The van der Waals surface area contributed by atoms with Crippen LogP contribution in [0.25, 0.3) is 11.8 Å². The third kappa shape index (κ3) is 4.17. The highest BCUT2D eigenvalue weighted by atomic mass is 32.2. The Morgan fingerprint density at radius 3 is 2.69 bits per heavy atom. The van der Waals surface area contributed by atoms with Gasteiger partial charge in [0.25, 0.3) is 5.91 Å². The van der Waals surface area contributed by atoms with Crippen LogP contribution in [0.15, 0.2) is 54.5 Å². The van der Waals surface area contributed by atoms with Crippen molar-refractivity contribution in [1.82, 2.24) is 9.47 Å². The van der Waals surface area contributed by atoms with E-state index in [1.54, 1.807) is 17.1 Å². The summed E-state index contributed by atoms with van der Waals surface area (Å²) in [5.74, 6) is -0.0497. The molecule has 0 aliphatic carbocycles. The van der Waals surface area contributed by atoms with Crippen molar-refractivity contribution in [2.45, 2.75) is 27.2 Å². The predicted octanol–water partition coefficient (Wildman–Crippen LogP) is 5.35. The molecule has 0 saturated carbocycles. The molecule has 2 rings (SSSR count). The molecule has 2 heterocycles. The second-order valence-corrected chi connectivity index (χ2v) is 7.55. The lowest BCUT2D eigenvalue weighted by Gasteiger charge is -2.11. The summed E-state index contributed by atoms with van der Waals surface area (Å²) in [4.78, 5) is 14.8. The molecule has 1 aliphatic heterocycles. The number of hydrogen-bond acceptors (Lipinski definition) is 3. The molecule has 5 heteroatoms. The maximum atomic E-state index is 12.6. The van der Waals surface area contributed by atoms with Crippen molar-refractivity contribution in [1.29, 1.82) is 0 Å². The lowest BCUT2D eigenvalue weighted by molar-refractivity contribution is -0.121. The first-order valence-corrected chi connectivity index (χ1v) is 9.70. The lowest BCUT2D eigenvalue weighted by atomic mass is 10.2. The van der Waals surface area contributed by atoms with E-state index in [0.29, 0.717) is 15.8 Å². The van der Waals surface area contributed by atoms with Gasteiger partial charge >= 0.3 is 0 Å². The molecule has 0 N–H and O–H groups in total. The minimum atomic E-state index is -0.0497. The maximum Gasteiger partial charge on any atom is 0.266 e. The summed E-state index contributed by atoms with van der Waals surface area (Å²) >= 11 is 6.66. The Kier molecular flexibility index (Phi) is 7.00. The van der Waals surface area contributed by atoms with Crippen LogP contribution >= 0.6 is 24.0 Å². The van der Waals surface area contributed by atoms with E-state index in [-0.39, 0.29) is 5.91 Å². The Hall–Kier alpha value is -2.11. The van der Waals surface area contributed by atoms with Gasteiger partial charge in [0.1, 0.15) is 4.32 Å². The second-order valence-electron chi connectivity index (χ2n) is 5.88. The van der Waals surface area contributed by atoms with Crippen LogP contribution in [0.2, 0.25) is 0 Å². The summed E-state index contributed by atoms with van der Waals surface area (Å²) in [5, 5.41) is 0. The van der Waals surface area contributed by atoms with Crippen LogP contribution in [0.5, 0.6) is 0 Å². The minimum absolute atomic E-state index is 0.0497. The van der Waals surface area contributed by atoms with E-state index in [4.69, 9.17) is 12.2 Å². The Morgan fingerprint density at radius 1 is 1.35 bits per heavy atom.